The first-order valence-corrected chi connectivity index (χ1v) is 7.27. The molecule has 2 aromatic heterocycles. The number of nitrogens with zero attached hydrogens (tertiary/aromatic N) is 4. The van der Waals surface area contributed by atoms with Crippen molar-refractivity contribution in [1.29, 1.82) is 0 Å². The van der Waals surface area contributed by atoms with Gasteiger partial charge in [-0.15, -0.1) is 6.58 Å². The van der Waals surface area contributed by atoms with E-state index in [-0.39, 0.29) is 5.41 Å². The fraction of sp³-hybridized carbons (Fsp3) is 0.500. The highest BCUT2D eigenvalue weighted by atomic mass is 15.2. The maximum atomic E-state index is 6.36. The number of nitrogens with two attached hydrogens (primary N) is 1. The summed E-state index contributed by atoms with van der Waals surface area (Å²) in [5.41, 5.74) is 8.03. The zero-order valence-electron chi connectivity index (χ0n) is 13.6. The lowest BCUT2D eigenvalue weighted by molar-refractivity contribution is 0.515. The minimum atomic E-state index is -0.0853. The summed E-state index contributed by atoms with van der Waals surface area (Å²) >= 11 is 0. The molecule has 114 valence electrons. The van der Waals surface area contributed by atoms with Gasteiger partial charge in [-0.3, -0.25) is 0 Å². The van der Waals surface area contributed by atoms with Crippen LogP contribution in [0.5, 0.6) is 0 Å². The van der Waals surface area contributed by atoms with Gasteiger partial charge in [-0.1, -0.05) is 26.8 Å². The third-order valence-corrected chi connectivity index (χ3v) is 3.45. The van der Waals surface area contributed by atoms with Crippen LogP contribution in [-0.4, -0.2) is 19.1 Å². The van der Waals surface area contributed by atoms with Crippen LogP contribution in [0.2, 0.25) is 0 Å². The van der Waals surface area contributed by atoms with Crippen LogP contribution in [0.3, 0.4) is 0 Å². The Morgan fingerprint density at radius 3 is 2.57 bits per heavy atom. The van der Waals surface area contributed by atoms with Gasteiger partial charge in [0.1, 0.15) is 17.3 Å². The van der Waals surface area contributed by atoms with Crippen molar-refractivity contribution >= 4 is 5.82 Å². The van der Waals surface area contributed by atoms with E-state index in [2.05, 4.69) is 50.7 Å². The third-order valence-electron chi connectivity index (χ3n) is 3.45. The molecule has 2 N–H and O–H groups in total. The molecule has 0 atom stereocenters. The minimum Gasteiger partial charge on any atom is -0.383 e. The Labute approximate surface area is 126 Å². The molecule has 0 saturated heterocycles. The number of rotatable bonds is 4. The van der Waals surface area contributed by atoms with E-state index in [9.17, 15) is 0 Å². The predicted octanol–water partition coefficient (Wildman–Crippen LogP) is 3.39. The van der Waals surface area contributed by atoms with Gasteiger partial charge in [0.15, 0.2) is 0 Å². The molecule has 0 radical (unpaired) electrons. The molecule has 0 aliphatic heterocycles. The van der Waals surface area contributed by atoms with Crippen molar-refractivity contribution in [3.8, 4) is 11.4 Å². The maximum absolute atomic E-state index is 6.36. The first kappa shape index (κ1) is 15.4. The van der Waals surface area contributed by atoms with Gasteiger partial charge in [0, 0.05) is 18.0 Å². The van der Waals surface area contributed by atoms with E-state index in [0.29, 0.717) is 18.4 Å². The summed E-state index contributed by atoms with van der Waals surface area (Å²) in [6.07, 6.45) is 5.49. The number of allylic oxidation sites excluding steroid dienone is 1. The Kier molecular flexibility index (Phi) is 3.94. The van der Waals surface area contributed by atoms with Crippen molar-refractivity contribution in [3.05, 3.63) is 31.0 Å². The summed E-state index contributed by atoms with van der Waals surface area (Å²) in [7, 11) is 0. The van der Waals surface area contributed by atoms with Gasteiger partial charge in [-0.05, 0) is 13.8 Å². The zero-order valence-corrected chi connectivity index (χ0v) is 13.6. The van der Waals surface area contributed by atoms with E-state index in [0.717, 1.165) is 17.2 Å². The zero-order chi connectivity index (χ0) is 15.8. The van der Waals surface area contributed by atoms with E-state index in [1.807, 2.05) is 23.2 Å². The normalized spacial score (nSPS) is 12.1. The van der Waals surface area contributed by atoms with Gasteiger partial charge in [-0.2, -0.15) is 0 Å². The molecular formula is C16H25N5. The molecule has 21 heavy (non-hydrogen) atoms. The van der Waals surface area contributed by atoms with Crippen molar-refractivity contribution < 1.29 is 0 Å². The van der Waals surface area contributed by atoms with Crippen LogP contribution in [0.1, 0.15) is 46.5 Å². The van der Waals surface area contributed by atoms with Crippen molar-refractivity contribution in [2.24, 2.45) is 0 Å². The Morgan fingerprint density at radius 1 is 1.38 bits per heavy atom. The number of hydrogen-bond acceptors (Lipinski definition) is 3. The molecule has 0 aliphatic rings. The van der Waals surface area contributed by atoms with E-state index in [1.54, 1.807) is 0 Å². The second-order valence-electron chi connectivity index (χ2n) is 6.60. The predicted molar refractivity (Wildman–Crippen MR) is 87.1 cm³/mol. The van der Waals surface area contributed by atoms with Crippen LogP contribution in [-0.2, 0) is 12.0 Å². The maximum Gasteiger partial charge on any atom is 0.133 e. The average Bonchev–Trinajstić information content (AvgIpc) is 2.95. The number of anilines is 1. The van der Waals surface area contributed by atoms with Gasteiger partial charge in [0.05, 0.1) is 18.2 Å². The third kappa shape index (κ3) is 2.73. The van der Waals surface area contributed by atoms with E-state index < -0.39 is 0 Å². The Morgan fingerprint density at radius 2 is 2.05 bits per heavy atom. The van der Waals surface area contributed by atoms with E-state index >= 15 is 0 Å². The van der Waals surface area contributed by atoms with Crippen molar-refractivity contribution in [3.63, 3.8) is 0 Å². The van der Waals surface area contributed by atoms with Crippen LogP contribution in [0.15, 0.2) is 25.2 Å². The Balaban J connectivity index is 2.65. The lowest BCUT2D eigenvalue weighted by Gasteiger charge is -2.19. The Bertz CT molecular complexity index is 640. The molecular weight excluding hydrogens is 262 g/mol. The fourth-order valence-corrected chi connectivity index (χ4v) is 2.44. The van der Waals surface area contributed by atoms with Gasteiger partial charge in [0.25, 0.3) is 0 Å². The lowest BCUT2D eigenvalue weighted by Crippen LogP contribution is -2.19. The quantitative estimate of drug-likeness (QED) is 0.877. The second kappa shape index (κ2) is 5.39. The second-order valence-corrected chi connectivity index (χ2v) is 6.60. The highest BCUT2D eigenvalue weighted by Gasteiger charge is 2.26. The number of hydrogen-bond donors (Lipinski definition) is 1. The molecule has 2 aromatic rings. The molecule has 0 bridgehead atoms. The van der Waals surface area contributed by atoms with Gasteiger partial charge < -0.3 is 14.9 Å². The van der Waals surface area contributed by atoms with Crippen LogP contribution in [0.4, 0.5) is 5.82 Å². The standard InChI is InChI=1S/C16H25N5/c1-7-8-20-14(17)13(19-15(20)16(4,5)6)12-9-18-10-21(12)11(2)3/h7,9-11H,1,8,17H2,2-6H3. The molecule has 0 saturated carbocycles. The fourth-order valence-electron chi connectivity index (χ4n) is 2.44. The van der Waals surface area contributed by atoms with Gasteiger partial charge in [-0.25, -0.2) is 9.97 Å². The molecule has 0 aliphatic carbocycles. The molecule has 2 rings (SSSR count). The average molecular weight is 287 g/mol. The van der Waals surface area contributed by atoms with Crippen molar-refractivity contribution in [1.82, 2.24) is 19.1 Å². The van der Waals surface area contributed by atoms with Gasteiger partial charge in [0.2, 0.25) is 0 Å². The molecule has 5 nitrogen and oxygen atoms in total. The van der Waals surface area contributed by atoms with E-state index in [4.69, 9.17) is 10.7 Å². The van der Waals surface area contributed by atoms with Crippen LogP contribution in [0, 0.1) is 0 Å². The van der Waals surface area contributed by atoms with Crippen molar-refractivity contribution in [2.75, 3.05) is 5.73 Å². The molecule has 0 amide bonds. The highest BCUT2D eigenvalue weighted by molar-refractivity contribution is 5.68. The number of imidazole rings is 2. The molecule has 0 fully saturated rings. The first-order chi connectivity index (χ1) is 9.77. The van der Waals surface area contributed by atoms with Crippen molar-refractivity contribution in [2.45, 2.75) is 52.6 Å². The largest absolute Gasteiger partial charge is 0.383 e. The summed E-state index contributed by atoms with van der Waals surface area (Å²) in [5.74, 6) is 1.63. The summed E-state index contributed by atoms with van der Waals surface area (Å²) in [5, 5.41) is 0. The molecule has 5 heteroatoms. The summed E-state index contributed by atoms with van der Waals surface area (Å²) in [6.45, 7) is 15.1. The summed E-state index contributed by atoms with van der Waals surface area (Å²) in [6, 6.07) is 0.310. The van der Waals surface area contributed by atoms with Gasteiger partial charge >= 0.3 is 0 Å². The molecule has 2 heterocycles. The molecule has 0 unspecified atom stereocenters. The first-order valence-electron chi connectivity index (χ1n) is 7.27. The summed E-state index contributed by atoms with van der Waals surface area (Å²) in [4.78, 5) is 9.06. The van der Waals surface area contributed by atoms with Crippen LogP contribution >= 0.6 is 0 Å². The van der Waals surface area contributed by atoms with Crippen LogP contribution < -0.4 is 5.73 Å². The number of aromatic nitrogens is 4. The number of nitrogen functional groups attached to an aromatic ring is 1. The monoisotopic (exact) mass is 287 g/mol. The highest BCUT2D eigenvalue weighted by Crippen LogP contribution is 2.32. The van der Waals surface area contributed by atoms with Crippen LogP contribution in [0.25, 0.3) is 11.4 Å². The topological polar surface area (TPSA) is 61.7 Å². The Hall–Kier alpha value is -2.04. The van der Waals surface area contributed by atoms with E-state index in [1.165, 1.54) is 0 Å². The minimum absolute atomic E-state index is 0.0853. The molecule has 0 spiro atoms. The smallest absolute Gasteiger partial charge is 0.133 e. The SMILES string of the molecule is C=CCn1c(C(C)(C)C)nc(-c2cncn2C(C)C)c1N. The molecule has 0 aromatic carbocycles. The lowest BCUT2D eigenvalue weighted by atomic mass is 9.95. The summed E-state index contributed by atoms with van der Waals surface area (Å²) < 4.78 is 4.11.